The van der Waals surface area contributed by atoms with E-state index in [4.69, 9.17) is 5.73 Å². The van der Waals surface area contributed by atoms with Crippen LogP contribution >= 0.6 is 27.7 Å². The average molecular weight is 258 g/mol. The molecule has 0 radical (unpaired) electrons. The van der Waals surface area contributed by atoms with Crippen molar-refractivity contribution in [1.82, 2.24) is 0 Å². The molecular weight excluding hydrogens is 246 g/mol. The van der Waals surface area contributed by atoms with Gasteiger partial charge in [0.2, 0.25) is 0 Å². The standard InChI is InChI=1S/C10H12BrNS/c1-6-5-13-10-7(9(6)12)3-2-4-8(10)11/h2-4,6,9H,5,12H2,1H3. The molecule has 0 saturated heterocycles. The van der Waals surface area contributed by atoms with E-state index in [1.165, 1.54) is 14.9 Å². The van der Waals surface area contributed by atoms with Crippen LogP contribution in [0.3, 0.4) is 0 Å². The average Bonchev–Trinajstić information content (AvgIpc) is 2.12. The fourth-order valence-electron chi connectivity index (χ4n) is 1.57. The van der Waals surface area contributed by atoms with E-state index in [9.17, 15) is 0 Å². The van der Waals surface area contributed by atoms with Crippen molar-refractivity contribution < 1.29 is 0 Å². The van der Waals surface area contributed by atoms with Crippen molar-refractivity contribution in [3.8, 4) is 0 Å². The second kappa shape index (κ2) is 3.64. The Morgan fingerprint density at radius 3 is 3.08 bits per heavy atom. The van der Waals surface area contributed by atoms with Crippen LogP contribution < -0.4 is 5.73 Å². The highest BCUT2D eigenvalue weighted by Gasteiger charge is 2.24. The van der Waals surface area contributed by atoms with Crippen LogP contribution in [0.15, 0.2) is 27.6 Å². The van der Waals surface area contributed by atoms with Crippen LogP contribution in [-0.4, -0.2) is 5.75 Å². The molecule has 2 N–H and O–H groups in total. The lowest BCUT2D eigenvalue weighted by molar-refractivity contribution is 0.506. The molecule has 2 atom stereocenters. The minimum atomic E-state index is 0.203. The SMILES string of the molecule is CC1CSc2c(Br)cccc2C1N. The Bertz CT molecular complexity index is 327. The molecule has 0 saturated carbocycles. The lowest BCUT2D eigenvalue weighted by atomic mass is 9.96. The predicted molar refractivity (Wildman–Crippen MR) is 61.0 cm³/mol. The summed E-state index contributed by atoms with van der Waals surface area (Å²) in [5, 5.41) is 0. The number of hydrogen-bond acceptors (Lipinski definition) is 2. The molecule has 0 fully saturated rings. The molecule has 1 aliphatic rings. The van der Waals surface area contributed by atoms with Crippen LogP contribution in [0, 0.1) is 5.92 Å². The minimum Gasteiger partial charge on any atom is -0.324 e. The zero-order valence-corrected chi connectivity index (χ0v) is 9.86. The van der Waals surface area contributed by atoms with Crippen LogP contribution in [0.4, 0.5) is 0 Å². The molecule has 13 heavy (non-hydrogen) atoms. The van der Waals surface area contributed by atoms with E-state index >= 15 is 0 Å². The molecule has 1 aliphatic heterocycles. The van der Waals surface area contributed by atoms with Gasteiger partial charge in [0.1, 0.15) is 0 Å². The van der Waals surface area contributed by atoms with Gasteiger partial charge in [-0.25, -0.2) is 0 Å². The summed E-state index contributed by atoms with van der Waals surface area (Å²) in [7, 11) is 0. The van der Waals surface area contributed by atoms with Crippen molar-refractivity contribution in [3.05, 3.63) is 28.2 Å². The Morgan fingerprint density at radius 2 is 2.31 bits per heavy atom. The molecule has 70 valence electrons. The highest BCUT2D eigenvalue weighted by atomic mass is 79.9. The first-order valence-corrected chi connectivity index (χ1v) is 6.15. The van der Waals surface area contributed by atoms with Gasteiger partial charge >= 0.3 is 0 Å². The lowest BCUT2D eigenvalue weighted by Gasteiger charge is -2.28. The van der Waals surface area contributed by atoms with Gasteiger partial charge in [-0.05, 0) is 33.5 Å². The molecule has 0 amide bonds. The number of fused-ring (bicyclic) bond motifs is 1. The monoisotopic (exact) mass is 257 g/mol. The van der Waals surface area contributed by atoms with Gasteiger partial charge in [0.05, 0.1) is 0 Å². The van der Waals surface area contributed by atoms with Crippen molar-refractivity contribution >= 4 is 27.7 Å². The largest absolute Gasteiger partial charge is 0.324 e. The lowest BCUT2D eigenvalue weighted by Crippen LogP contribution is -2.24. The van der Waals surface area contributed by atoms with Crippen molar-refractivity contribution in [2.45, 2.75) is 17.9 Å². The summed E-state index contributed by atoms with van der Waals surface area (Å²) >= 11 is 5.45. The zero-order valence-electron chi connectivity index (χ0n) is 7.46. The molecule has 1 heterocycles. The topological polar surface area (TPSA) is 26.0 Å². The molecule has 1 nitrogen and oxygen atoms in total. The molecule has 2 unspecified atom stereocenters. The van der Waals surface area contributed by atoms with Crippen LogP contribution in [-0.2, 0) is 0 Å². The number of halogens is 1. The normalized spacial score (nSPS) is 27.0. The molecule has 0 aromatic heterocycles. The molecule has 1 aromatic rings. The van der Waals surface area contributed by atoms with Crippen molar-refractivity contribution in [2.24, 2.45) is 11.7 Å². The first-order chi connectivity index (χ1) is 6.20. The Hall–Kier alpha value is 0.01000. The summed E-state index contributed by atoms with van der Waals surface area (Å²) in [4.78, 5) is 1.33. The van der Waals surface area contributed by atoms with Gasteiger partial charge in [-0.15, -0.1) is 11.8 Å². The number of benzene rings is 1. The Morgan fingerprint density at radius 1 is 1.54 bits per heavy atom. The summed E-state index contributed by atoms with van der Waals surface area (Å²) in [6.45, 7) is 2.21. The quantitative estimate of drug-likeness (QED) is 0.773. The first-order valence-electron chi connectivity index (χ1n) is 4.37. The highest BCUT2D eigenvalue weighted by molar-refractivity contribution is 9.10. The molecule has 0 bridgehead atoms. The van der Waals surface area contributed by atoms with Crippen LogP contribution in [0.5, 0.6) is 0 Å². The van der Waals surface area contributed by atoms with Crippen molar-refractivity contribution in [3.63, 3.8) is 0 Å². The Balaban J connectivity index is 2.49. The number of thioether (sulfide) groups is 1. The fraction of sp³-hybridized carbons (Fsp3) is 0.400. The molecule has 3 heteroatoms. The summed E-state index contributed by atoms with van der Waals surface area (Å²) in [6, 6.07) is 6.47. The third-order valence-electron chi connectivity index (χ3n) is 2.46. The predicted octanol–water partition coefficient (Wildman–Crippen LogP) is 3.19. The summed E-state index contributed by atoms with van der Waals surface area (Å²) in [5.41, 5.74) is 7.41. The second-order valence-electron chi connectivity index (χ2n) is 3.47. The summed E-state index contributed by atoms with van der Waals surface area (Å²) in [6.07, 6.45) is 0. The molecule has 2 rings (SSSR count). The first kappa shape index (κ1) is 9.56. The smallest absolute Gasteiger partial charge is 0.0340 e. The fourth-order valence-corrected chi connectivity index (χ4v) is 3.50. The van der Waals surface area contributed by atoms with E-state index in [1.807, 2.05) is 11.8 Å². The van der Waals surface area contributed by atoms with Crippen LogP contribution in [0.1, 0.15) is 18.5 Å². The maximum atomic E-state index is 6.12. The Kier molecular flexibility index (Phi) is 2.67. The molecular formula is C10H12BrNS. The van der Waals surface area contributed by atoms with E-state index in [1.54, 1.807) is 0 Å². The van der Waals surface area contributed by atoms with Crippen molar-refractivity contribution in [1.29, 1.82) is 0 Å². The second-order valence-corrected chi connectivity index (χ2v) is 5.36. The van der Waals surface area contributed by atoms with Gasteiger partial charge in [0.15, 0.2) is 0 Å². The van der Waals surface area contributed by atoms with Gasteiger partial charge in [-0.1, -0.05) is 19.1 Å². The third kappa shape index (κ3) is 1.65. The van der Waals surface area contributed by atoms with Crippen LogP contribution in [0.25, 0.3) is 0 Å². The van der Waals surface area contributed by atoms with Crippen molar-refractivity contribution in [2.75, 3.05) is 5.75 Å². The third-order valence-corrected chi connectivity index (χ3v) is 4.82. The van der Waals surface area contributed by atoms with Gasteiger partial charge in [-0.3, -0.25) is 0 Å². The van der Waals surface area contributed by atoms with E-state index in [0.29, 0.717) is 5.92 Å². The van der Waals surface area contributed by atoms with E-state index < -0.39 is 0 Å². The van der Waals surface area contributed by atoms with E-state index in [-0.39, 0.29) is 6.04 Å². The number of nitrogens with two attached hydrogens (primary N) is 1. The maximum absolute atomic E-state index is 6.12. The van der Waals surface area contributed by atoms with Gasteiger partial charge in [-0.2, -0.15) is 0 Å². The summed E-state index contributed by atoms with van der Waals surface area (Å²) < 4.78 is 1.18. The highest BCUT2D eigenvalue weighted by Crippen LogP contribution is 2.41. The van der Waals surface area contributed by atoms with Gasteiger partial charge in [0, 0.05) is 21.2 Å². The van der Waals surface area contributed by atoms with Gasteiger partial charge in [0.25, 0.3) is 0 Å². The maximum Gasteiger partial charge on any atom is 0.0340 e. The van der Waals surface area contributed by atoms with Crippen LogP contribution in [0.2, 0.25) is 0 Å². The minimum absolute atomic E-state index is 0.203. The number of rotatable bonds is 0. The Labute approximate surface area is 91.2 Å². The molecule has 0 spiro atoms. The van der Waals surface area contributed by atoms with Gasteiger partial charge < -0.3 is 5.73 Å². The zero-order chi connectivity index (χ0) is 9.42. The number of hydrogen-bond donors (Lipinski definition) is 1. The van der Waals surface area contributed by atoms with E-state index in [0.717, 1.165) is 5.75 Å². The summed E-state index contributed by atoms with van der Waals surface area (Å²) in [5.74, 6) is 1.70. The van der Waals surface area contributed by atoms with E-state index in [2.05, 4.69) is 41.1 Å². The molecule has 0 aliphatic carbocycles. The molecule has 1 aromatic carbocycles.